The zero-order chi connectivity index (χ0) is 64.0. The first-order valence-corrected chi connectivity index (χ1v) is 31.3. The van der Waals surface area contributed by atoms with E-state index in [9.17, 15) is 0 Å². The van der Waals surface area contributed by atoms with Gasteiger partial charge in [-0.3, -0.25) is 23.5 Å². The largest absolute Gasteiger partial charge is 0.494 e. The van der Waals surface area contributed by atoms with E-state index in [0.717, 1.165) is 109 Å². The quantitative estimate of drug-likeness (QED) is 0.0537. The highest BCUT2D eigenvalue weighted by Gasteiger charge is 1.98. The smallest absolute Gasteiger partial charge is 0.119 e. The number of ether oxygens (including phenoxy) is 5. The van der Waals surface area contributed by atoms with Gasteiger partial charge in [-0.1, -0.05) is 59.2 Å². The molecule has 5 nitrogen and oxygen atoms in total. The van der Waals surface area contributed by atoms with Crippen LogP contribution in [0.1, 0.15) is 90.3 Å². The standard InChI is InChI=1S/5C16H14OS.5FH/c5*1-2-17-15-9-5-13(6-10-15)3-4-14-7-11-16(18)12-8-14;;;;;/h5*5-12,18H,2H2,1H3;5*1H. The Labute approximate surface area is 584 Å². The highest BCUT2D eigenvalue weighted by atomic mass is 32.1. The second kappa shape index (κ2) is 48.2. The Hall–Kier alpha value is -9.60. The van der Waals surface area contributed by atoms with Gasteiger partial charge in [0.1, 0.15) is 28.7 Å². The van der Waals surface area contributed by atoms with E-state index in [1.165, 1.54) is 0 Å². The second-order valence-corrected chi connectivity index (χ2v) is 21.4. The Morgan fingerprint density at radius 1 is 0.179 bits per heavy atom. The predicted octanol–water partition coefficient (Wildman–Crippen LogP) is 19.6. The van der Waals surface area contributed by atoms with Crippen LogP contribution in [-0.2, 0) is 0 Å². The molecule has 0 aliphatic heterocycles. The third kappa shape index (κ3) is 33.7. The molecule has 0 spiro atoms. The van der Waals surface area contributed by atoms with Crippen molar-refractivity contribution in [1.82, 2.24) is 0 Å². The maximum Gasteiger partial charge on any atom is 0.119 e. The van der Waals surface area contributed by atoms with Crippen molar-refractivity contribution in [3.05, 3.63) is 298 Å². The van der Waals surface area contributed by atoms with E-state index in [-0.39, 0.29) is 23.5 Å². The fourth-order valence-electron chi connectivity index (χ4n) is 7.45. The van der Waals surface area contributed by atoms with Crippen LogP contribution < -0.4 is 23.7 Å². The maximum atomic E-state index is 5.38. The van der Waals surface area contributed by atoms with Crippen LogP contribution in [0.3, 0.4) is 0 Å². The van der Waals surface area contributed by atoms with Crippen LogP contribution in [-0.4, -0.2) is 33.0 Å². The predicted molar refractivity (Wildman–Crippen MR) is 399 cm³/mol. The maximum absolute atomic E-state index is 5.38. The Balaban J connectivity index is 0.000000586. The summed E-state index contributed by atoms with van der Waals surface area (Å²) in [6.07, 6.45) is 0. The van der Waals surface area contributed by atoms with Crippen LogP contribution in [0.5, 0.6) is 28.7 Å². The summed E-state index contributed by atoms with van der Waals surface area (Å²) < 4.78 is 26.9. The van der Waals surface area contributed by atoms with Crippen molar-refractivity contribution in [2.24, 2.45) is 0 Å². The minimum atomic E-state index is 0. The molecule has 0 atom stereocenters. The van der Waals surface area contributed by atoms with E-state index in [1.807, 2.05) is 277 Å². The van der Waals surface area contributed by atoms with E-state index in [2.05, 4.69) is 122 Å². The molecule has 0 radical (unpaired) electrons. The van der Waals surface area contributed by atoms with Gasteiger partial charge in [-0.15, -0.1) is 63.1 Å². The van der Waals surface area contributed by atoms with E-state index < -0.39 is 0 Å². The molecule has 10 rings (SSSR count). The average Bonchev–Trinajstić information content (AvgIpc) is 3.77. The van der Waals surface area contributed by atoms with Gasteiger partial charge in [0, 0.05) is 80.1 Å². The lowest BCUT2D eigenvalue weighted by Gasteiger charge is -2.01. The number of halogens is 5. The minimum Gasteiger partial charge on any atom is -0.494 e. The number of hydrogen-bond acceptors (Lipinski definition) is 10. The zero-order valence-corrected chi connectivity index (χ0v) is 57.4. The summed E-state index contributed by atoms with van der Waals surface area (Å²) in [6.45, 7) is 13.3. The molecule has 0 saturated carbocycles. The molecule has 0 heterocycles. The van der Waals surface area contributed by atoms with Crippen molar-refractivity contribution in [2.45, 2.75) is 59.1 Å². The molecular formula is C80H75F5O5S5. The molecule has 0 bridgehead atoms. The van der Waals surface area contributed by atoms with Gasteiger partial charge < -0.3 is 23.7 Å². The molecule has 95 heavy (non-hydrogen) atoms. The van der Waals surface area contributed by atoms with Crippen molar-refractivity contribution < 1.29 is 47.2 Å². The SMILES string of the molecule is CCOc1ccc(C#Cc2ccc(S)cc2)cc1.CCOc1ccc(C#Cc2ccc(S)cc2)cc1.CCOc1ccc(C#Cc2ccc(S)cc2)cc1.CCOc1ccc(C#Cc2ccc(S)cc2)cc1.CCOc1ccc(C#Cc2ccc(S)cc2)cc1.F.F.F.F.F. The lowest BCUT2D eigenvalue weighted by atomic mass is 10.2. The summed E-state index contributed by atoms with van der Waals surface area (Å²) in [4.78, 5) is 4.73. The fourth-order valence-corrected chi connectivity index (χ4v) is 8.20. The van der Waals surface area contributed by atoms with Gasteiger partial charge in [0.25, 0.3) is 0 Å². The first-order valence-electron chi connectivity index (χ1n) is 29.1. The van der Waals surface area contributed by atoms with Gasteiger partial charge in [-0.2, -0.15) is 0 Å². The van der Waals surface area contributed by atoms with E-state index in [0.29, 0.717) is 33.0 Å². The van der Waals surface area contributed by atoms with Gasteiger partial charge in [0.2, 0.25) is 0 Å². The molecule has 10 aromatic rings. The molecule has 0 unspecified atom stereocenters. The molecule has 0 N–H and O–H groups in total. The monoisotopic (exact) mass is 1370 g/mol. The summed E-state index contributed by atoms with van der Waals surface area (Å²) in [5, 5.41) is 0. The molecule has 0 fully saturated rings. The number of benzene rings is 10. The van der Waals surface area contributed by atoms with Crippen LogP contribution in [0.15, 0.2) is 267 Å². The van der Waals surface area contributed by atoms with Crippen molar-refractivity contribution in [1.29, 1.82) is 0 Å². The van der Waals surface area contributed by atoms with Crippen molar-refractivity contribution in [2.75, 3.05) is 33.0 Å². The van der Waals surface area contributed by atoms with E-state index in [4.69, 9.17) is 23.7 Å². The minimum absolute atomic E-state index is 0. The Kier molecular flexibility index (Phi) is 42.3. The Morgan fingerprint density at radius 3 is 0.368 bits per heavy atom. The lowest BCUT2D eigenvalue weighted by molar-refractivity contribution is 0.340. The molecule has 15 heteroatoms. The second-order valence-electron chi connectivity index (χ2n) is 18.8. The normalized spacial score (nSPS) is 8.95. The van der Waals surface area contributed by atoms with Crippen molar-refractivity contribution in [3.63, 3.8) is 0 Å². The zero-order valence-electron chi connectivity index (χ0n) is 52.9. The first-order chi connectivity index (χ1) is 43.9. The van der Waals surface area contributed by atoms with Gasteiger partial charge in [-0.05, 0) is 277 Å². The lowest BCUT2D eigenvalue weighted by Crippen LogP contribution is -1.90. The number of rotatable bonds is 10. The summed E-state index contributed by atoms with van der Waals surface area (Å²) in [5.74, 6) is 35.6. The number of thiol groups is 5. The van der Waals surface area contributed by atoms with Crippen molar-refractivity contribution in [3.8, 4) is 88.0 Å². The molecule has 10 aromatic carbocycles. The van der Waals surface area contributed by atoms with Gasteiger partial charge >= 0.3 is 0 Å². The topological polar surface area (TPSA) is 46.2 Å². The summed E-state index contributed by atoms with van der Waals surface area (Å²) in [5.41, 5.74) is 9.84. The molecular weight excluding hydrogens is 1300 g/mol. The summed E-state index contributed by atoms with van der Waals surface area (Å²) >= 11 is 21.2. The van der Waals surface area contributed by atoms with Crippen LogP contribution in [0.2, 0.25) is 0 Å². The fraction of sp³-hybridized carbons (Fsp3) is 0.125. The Morgan fingerprint density at radius 2 is 0.274 bits per heavy atom. The summed E-state index contributed by atoms with van der Waals surface area (Å²) in [7, 11) is 0. The molecule has 0 aromatic heterocycles. The van der Waals surface area contributed by atoms with E-state index >= 15 is 0 Å². The molecule has 0 aliphatic carbocycles. The van der Waals surface area contributed by atoms with Gasteiger partial charge in [0.15, 0.2) is 0 Å². The third-order valence-electron chi connectivity index (χ3n) is 11.9. The third-order valence-corrected chi connectivity index (χ3v) is 13.4. The van der Waals surface area contributed by atoms with Crippen LogP contribution >= 0.6 is 63.1 Å². The van der Waals surface area contributed by atoms with Crippen molar-refractivity contribution >= 4 is 63.1 Å². The molecule has 0 saturated heterocycles. The molecule has 0 amide bonds. The first kappa shape index (κ1) is 83.4. The van der Waals surface area contributed by atoms with Gasteiger partial charge in [-0.25, -0.2) is 0 Å². The highest BCUT2D eigenvalue weighted by Crippen LogP contribution is 2.18. The van der Waals surface area contributed by atoms with Crippen LogP contribution in [0, 0.1) is 59.2 Å². The molecule has 0 aliphatic rings. The summed E-state index contributed by atoms with van der Waals surface area (Å²) in [6, 6.07) is 78.0. The van der Waals surface area contributed by atoms with E-state index in [1.54, 1.807) is 0 Å². The average molecular weight is 1370 g/mol. The van der Waals surface area contributed by atoms with Crippen LogP contribution in [0.25, 0.3) is 0 Å². The number of hydrogen-bond donors (Lipinski definition) is 5. The Bertz CT molecular complexity index is 3450. The van der Waals surface area contributed by atoms with Gasteiger partial charge in [0.05, 0.1) is 33.0 Å². The van der Waals surface area contributed by atoms with Crippen LogP contribution in [0.4, 0.5) is 23.5 Å². The molecule has 490 valence electrons. The highest BCUT2D eigenvalue weighted by molar-refractivity contribution is 7.81.